The van der Waals surface area contributed by atoms with Crippen molar-refractivity contribution in [2.45, 2.75) is 0 Å². The summed E-state index contributed by atoms with van der Waals surface area (Å²) >= 11 is 4.82. The third-order valence-electron chi connectivity index (χ3n) is 1.74. The maximum Gasteiger partial charge on any atom is 0.215 e. The second-order valence-electron chi connectivity index (χ2n) is 2.81. The molecule has 1 aromatic heterocycles. The number of aromatic nitrogens is 3. The summed E-state index contributed by atoms with van der Waals surface area (Å²) < 4.78 is 0.287. The first kappa shape index (κ1) is 9.60. The van der Waals surface area contributed by atoms with E-state index in [0.717, 1.165) is 0 Å². The molecule has 1 aromatic carbocycles. The molecule has 5 nitrogen and oxygen atoms in total. The van der Waals surface area contributed by atoms with Crippen molar-refractivity contribution in [1.29, 1.82) is 0 Å². The van der Waals surface area contributed by atoms with E-state index in [2.05, 4.69) is 20.5 Å². The second kappa shape index (κ2) is 4.05. The molecule has 3 N–H and O–H groups in total. The van der Waals surface area contributed by atoms with Gasteiger partial charge in [0, 0.05) is 0 Å². The van der Waals surface area contributed by atoms with Crippen LogP contribution in [0.25, 0.3) is 0 Å². The number of rotatable bonds is 2. The van der Waals surface area contributed by atoms with Gasteiger partial charge < -0.3 is 10.4 Å². The third-order valence-corrected chi connectivity index (χ3v) is 1.92. The van der Waals surface area contributed by atoms with Gasteiger partial charge in [0.05, 0.1) is 11.9 Å². The van der Waals surface area contributed by atoms with Crippen LogP contribution in [0.1, 0.15) is 0 Å². The predicted octanol–water partition coefficient (Wildman–Crippen LogP) is 1.98. The minimum absolute atomic E-state index is 0.151. The molecule has 0 bridgehead atoms. The molecule has 0 unspecified atom stereocenters. The summed E-state index contributed by atoms with van der Waals surface area (Å²) in [6, 6.07) is 6.86. The van der Waals surface area contributed by atoms with Gasteiger partial charge in [-0.2, -0.15) is 10.1 Å². The Bertz CT molecular complexity index is 525. The molecule has 0 aliphatic heterocycles. The van der Waals surface area contributed by atoms with Crippen molar-refractivity contribution in [3.8, 4) is 5.75 Å². The molecular formula is C9H8N4OS. The Morgan fingerprint density at radius 2 is 2.13 bits per heavy atom. The second-order valence-corrected chi connectivity index (χ2v) is 3.20. The van der Waals surface area contributed by atoms with Gasteiger partial charge >= 0.3 is 0 Å². The molecule has 0 spiro atoms. The van der Waals surface area contributed by atoms with Gasteiger partial charge in [-0.25, -0.2) is 0 Å². The number of hydrogen-bond acceptors (Lipinski definition) is 5. The number of para-hydroxylation sites is 2. The van der Waals surface area contributed by atoms with Crippen LogP contribution in [-0.4, -0.2) is 20.3 Å². The van der Waals surface area contributed by atoms with E-state index in [1.165, 1.54) is 6.20 Å². The van der Waals surface area contributed by atoms with Crippen LogP contribution in [0.4, 0.5) is 11.5 Å². The maximum absolute atomic E-state index is 9.50. The Kier molecular flexibility index (Phi) is 2.59. The van der Waals surface area contributed by atoms with Crippen LogP contribution in [0, 0.1) is 4.77 Å². The first-order valence-electron chi connectivity index (χ1n) is 4.22. The van der Waals surface area contributed by atoms with Crippen molar-refractivity contribution in [3.05, 3.63) is 35.2 Å². The van der Waals surface area contributed by atoms with Gasteiger partial charge in [-0.15, -0.1) is 0 Å². The summed E-state index contributed by atoms with van der Waals surface area (Å²) in [5.74, 6) is 0.637. The van der Waals surface area contributed by atoms with Crippen LogP contribution in [0.3, 0.4) is 0 Å². The number of nitrogens with one attached hydrogen (secondary N) is 2. The Morgan fingerprint density at radius 1 is 1.33 bits per heavy atom. The van der Waals surface area contributed by atoms with Crippen LogP contribution >= 0.6 is 12.2 Å². The number of H-pyrrole nitrogens is 1. The molecular weight excluding hydrogens is 212 g/mol. The average Bonchev–Trinajstić information content (AvgIpc) is 2.22. The summed E-state index contributed by atoms with van der Waals surface area (Å²) in [6.45, 7) is 0. The van der Waals surface area contributed by atoms with Crippen LogP contribution in [0.2, 0.25) is 0 Å². The van der Waals surface area contributed by atoms with Crippen molar-refractivity contribution in [2.75, 3.05) is 5.32 Å². The van der Waals surface area contributed by atoms with Crippen LogP contribution in [0.5, 0.6) is 5.75 Å². The number of hydrogen-bond donors (Lipinski definition) is 3. The molecule has 0 saturated carbocycles. The molecule has 0 amide bonds. The Morgan fingerprint density at radius 3 is 2.87 bits per heavy atom. The molecule has 15 heavy (non-hydrogen) atoms. The highest BCUT2D eigenvalue weighted by atomic mass is 32.1. The Balaban J connectivity index is 2.30. The van der Waals surface area contributed by atoms with Crippen molar-refractivity contribution in [1.82, 2.24) is 15.2 Å². The minimum Gasteiger partial charge on any atom is -0.506 e. The van der Waals surface area contributed by atoms with E-state index >= 15 is 0 Å². The number of nitrogens with zero attached hydrogens (tertiary/aromatic N) is 2. The van der Waals surface area contributed by atoms with Crippen LogP contribution < -0.4 is 5.32 Å². The fourth-order valence-corrected chi connectivity index (χ4v) is 1.24. The Labute approximate surface area is 90.8 Å². The fourth-order valence-electron chi connectivity index (χ4n) is 1.09. The molecule has 76 valence electrons. The van der Waals surface area contributed by atoms with Gasteiger partial charge in [-0.3, -0.25) is 5.10 Å². The highest BCUT2D eigenvalue weighted by Gasteiger charge is 2.00. The van der Waals surface area contributed by atoms with Gasteiger partial charge in [0.25, 0.3) is 0 Å². The lowest BCUT2D eigenvalue weighted by Gasteiger charge is -2.05. The van der Waals surface area contributed by atoms with Crippen molar-refractivity contribution >= 4 is 23.7 Å². The average molecular weight is 220 g/mol. The molecule has 6 heteroatoms. The van der Waals surface area contributed by atoms with Crippen molar-refractivity contribution < 1.29 is 5.11 Å². The third kappa shape index (κ3) is 2.29. The topological polar surface area (TPSA) is 73.8 Å². The first-order chi connectivity index (χ1) is 7.25. The first-order valence-corrected chi connectivity index (χ1v) is 4.63. The smallest absolute Gasteiger partial charge is 0.215 e. The van der Waals surface area contributed by atoms with Gasteiger partial charge in [0.2, 0.25) is 4.77 Å². The van der Waals surface area contributed by atoms with E-state index in [9.17, 15) is 5.11 Å². The number of aromatic hydroxyl groups is 1. The van der Waals surface area contributed by atoms with Gasteiger partial charge in [-0.05, 0) is 24.4 Å². The fraction of sp³-hybridized carbons (Fsp3) is 0. The zero-order chi connectivity index (χ0) is 10.7. The summed E-state index contributed by atoms with van der Waals surface area (Å²) in [4.78, 5) is 3.98. The highest BCUT2D eigenvalue weighted by molar-refractivity contribution is 7.71. The summed E-state index contributed by atoms with van der Waals surface area (Å²) in [6.07, 6.45) is 1.49. The van der Waals surface area contributed by atoms with E-state index in [1.54, 1.807) is 24.3 Å². The molecule has 0 radical (unpaired) electrons. The summed E-state index contributed by atoms with van der Waals surface area (Å²) in [7, 11) is 0. The molecule has 2 rings (SSSR count). The SMILES string of the molecule is Oc1ccccc1Nc1cn[nH]c(=S)n1. The lowest BCUT2D eigenvalue weighted by molar-refractivity contribution is 0.477. The molecule has 0 fully saturated rings. The van der Waals surface area contributed by atoms with Crippen LogP contribution in [0.15, 0.2) is 30.5 Å². The minimum atomic E-state index is 0.151. The zero-order valence-electron chi connectivity index (χ0n) is 7.64. The predicted molar refractivity (Wildman–Crippen MR) is 58.6 cm³/mol. The quantitative estimate of drug-likeness (QED) is 0.533. The van der Waals surface area contributed by atoms with E-state index < -0.39 is 0 Å². The summed E-state index contributed by atoms with van der Waals surface area (Å²) in [5.41, 5.74) is 0.562. The lowest BCUT2D eigenvalue weighted by Crippen LogP contribution is -1.96. The van der Waals surface area contributed by atoms with Crippen LogP contribution in [-0.2, 0) is 0 Å². The number of phenols is 1. The van der Waals surface area contributed by atoms with Gasteiger partial charge in [-0.1, -0.05) is 12.1 Å². The molecule has 0 aliphatic carbocycles. The number of benzene rings is 1. The highest BCUT2D eigenvalue weighted by Crippen LogP contribution is 2.24. The summed E-state index contributed by atoms with van der Waals surface area (Å²) in [5, 5.41) is 18.7. The molecule has 1 heterocycles. The van der Waals surface area contributed by atoms with Crippen molar-refractivity contribution in [3.63, 3.8) is 0 Å². The molecule has 0 aliphatic rings. The van der Waals surface area contributed by atoms with Gasteiger partial charge in [0.15, 0.2) is 5.82 Å². The van der Waals surface area contributed by atoms with Gasteiger partial charge in [0.1, 0.15) is 5.75 Å². The molecule has 2 aromatic rings. The lowest BCUT2D eigenvalue weighted by atomic mass is 10.3. The van der Waals surface area contributed by atoms with E-state index in [4.69, 9.17) is 12.2 Å². The number of phenolic OH excluding ortho intramolecular Hbond substituents is 1. The number of aromatic amines is 1. The number of anilines is 2. The van der Waals surface area contributed by atoms with Crippen molar-refractivity contribution in [2.24, 2.45) is 0 Å². The van der Waals surface area contributed by atoms with E-state index in [0.29, 0.717) is 11.5 Å². The molecule has 0 saturated heterocycles. The monoisotopic (exact) mass is 220 g/mol. The normalized spacial score (nSPS) is 9.87. The van der Waals surface area contributed by atoms with E-state index in [1.807, 2.05) is 0 Å². The zero-order valence-corrected chi connectivity index (χ0v) is 8.45. The molecule has 0 atom stereocenters. The largest absolute Gasteiger partial charge is 0.506 e. The Hall–Kier alpha value is -1.95. The standard InChI is InChI=1S/C9H8N4OS/c14-7-4-2-1-3-6(7)11-8-5-10-13-9(15)12-8/h1-5,14H,(H2,11,12,13,15). The van der Waals surface area contributed by atoms with E-state index in [-0.39, 0.29) is 10.5 Å². The maximum atomic E-state index is 9.50.